The minimum absolute atomic E-state index is 0.0315. The van der Waals surface area contributed by atoms with E-state index in [2.05, 4.69) is 10.3 Å². The van der Waals surface area contributed by atoms with E-state index in [-0.39, 0.29) is 12.6 Å². The molecule has 3 rings (SSSR count). The second-order valence-corrected chi connectivity index (χ2v) is 4.74. The zero-order valence-corrected chi connectivity index (χ0v) is 9.63. The Kier molecular flexibility index (Phi) is 2.79. The highest BCUT2D eigenvalue weighted by Crippen LogP contribution is 2.32. The summed E-state index contributed by atoms with van der Waals surface area (Å²) >= 11 is 0. The number of nitrogens with zero attached hydrogens (tertiary/aromatic N) is 1. The van der Waals surface area contributed by atoms with Gasteiger partial charge in [0.25, 0.3) is 0 Å². The van der Waals surface area contributed by atoms with Gasteiger partial charge in [0.15, 0.2) is 0 Å². The van der Waals surface area contributed by atoms with E-state index in [0.29, 0.717) is 18.3 Å². The Morgan fingerprint density at radius 1 is 1.28 bits per heavy atom. The van der Waals surface area contributed by atoms with Crippen LogP contribution in [0.4, 0.5) is 13.2 Å². The molecular formula is C12H13F3N2O. The standard InChI is InChI=1S/C12H13F3N2O/c13-12(14,15)11-4-3-8-9(16-7-1-2-7)5-18-6-10(8)17-11/h3-4,7,9,16H,1-2,5-6H2. The van der Waals surface area contributed by atoms with Gasteiger partial charge in [-0.05, 0) is 24.5 Å². The van der Waals surface area contributed by atoms with E-state index in [4.69, 9.17) is 4.74 Å². The maximum atomic E-state index is 12.6. The van der Waals surface area contributed by atoms with Gasteiger partial charge in [-0.25, -0.2) is 4.98 Å². The van der Waals surface area contributed by atoms with E-state index in [1.54, 1.807) is 0 Å². The molecule has 98 valence electrons. The van der Waals surface area contributed by atoms with Crippen molar-refractivity contribution in [1.82, 2.24) is 10.3 Å². The lowest BCUT2D eigenvalue weighted by atomic mass is 10.0. The van der Waals surface area contributed by atoms with Crippen LogP contribution in [-0.4, -0.2) is 17.6 Å². The van der Waals surface area contributed by atoms with Crippen molar-refractivity contribution in [2.24, 2.45) is 0 Å². The van der Waals surface area contributed by atoms with Gasteiger partial charge < -0.3 is 10.1 Å². The maximum Gasteiger partial charge on any atom is 0.433 e. The molecule has 1 aromatic heterocycles. The first-order valence-corrected chi connectivity index (χ1v) is 5.95. The molecule has 1 atom stereocenters. The first kappa shape index (κ1) is 11.9. The molecule has 0 aromatic carbocycles. The summed E-state index contributed by atoms with van der Waals surface area (Å²) in [5.41, 5.74) is 0.382. The molecule has 1 unspecified atom stereocenters. The van der Waals surface area contributed by atoms with Crippen LogP contribution in [0.3, 0.4) is 0 Å². The lowest BCUT2D eigenvalue weighted by molar-refractivity contribution is -0.141. The lowest BCUT2D eigenvalue weighted by Gasteiger charge is -2.26. The lowest BCUT2D eigenvalue weighted by Crippen LogP contribution is -2.32. The quantitative estimate of drug-likeness (QED) is 0.884. The molecule has 3 nitrogen and oxygen atoms in total. The van der Waals surface area contributed by atoms with Crippen LogP contribution < -0.4 is 5.32 Å². The number of fused-ring (bicyclic) bond motifs is 1. The first-order chi connectivity index (χ1) is 8.54. The van der Waals surface area contributed by atoms with Gasteiger partial charge in [0.2, 0.25) is 0 Å². The predicted molar refractivity (Wildman–Crippen MR) is 57.8 cm³/mol. The van der Waals surface area contributed by atoms with Gasteiger partial charge in [-0.15, -0.1) is 0 Å². The maximum absolute atomic E-state index is 12.6. The Labute approximate surface area is 102 Å². The predicted octanol–water partition coefficient (Wildman–Crippen LogP) is 2.42. The van der Waals surface area contributed by atoms with Crippen LogP contribution in [0, 0.1) is 0 Å². The molecule has 0 saturated heterocycles. The van der Waals surface area contributed by atoms with Gasteiger partial charge in [0.05, 0.1) is 24.9 Å². The third-order valence-electron chi connectivity index (χ3n) is 3.21. The number of rotatable bonds is 2. The first-order valence-electron chi connectivity index (χ1n) is 5.95. The Bertz CT molecular complexity index is 457. The SMILES string of the molecule is FC(F)(F)c1ccc2c(n1)COCC2NC1CC1. The molecule has 0 spiro atoms. The van der Waals surface area contributed by atoms with Gasteiger partial charge in [-0.2, -0.15) is 13.2 Å². The average Bonchev–Trinajstić information content (AvgIpc) is 3.11. The van der Waals surface area contributed by atoms with Crippen molar-refractivity contribution in [2.75, 3.05) is 6.61 Å². The summed E-state index contributed by atoms with van der Waals surface area (Å²) in [5, 5.41) is 3.36. The van der Waals surface area contributed by atoms with Crippen LogP contribution in [0.15, 0.2) is 12.1 Å². The number of pyridine rings is 1. The second-order valence-electron chi connectivity index (χ2n) is 4.74. The van der Waals surface area contributed by atoms with Crippen molar-refractivity contribution >= 4 is 0 Å². The van der Waals surface area contributed by atoms with E-state index in [1.165, 1.54) is 6.07 Å². The Morgan fingerprint density at radius 2 is 2.06 bits per heavy atom. The van der Waals surface area contributed by atoms with E-state index < -0.39 is 11.9 Å². The number of aromatic nitrogens is 1. The highest BCUT2D eigenvalue weighted by Gasteiger charge is 2.35. The van der Waals surface area contributed by atoms with Crippen LogP contribution in [-0.2, 0) is 17.5 Å². The minimum atomic E-state index is -4.40. The van der Waals surface area contributed by atoms with Gasteiger partial charge in [0, 0.05) is 6.04 Å². The van der Waals surface area contributed by atoms with Crippen molar-refractivity contribution in [3.05, 3.63) is 29.1 Å². The molecule has 1 aliphatic heterocycles. The molecule has 6 heteroatoms. The summed E-state index contributed by atoms with van der Waals surface area (Å²) < 4.78 is 43.0. The van der Waals surface area contributed by atoms with Crippen molar-refractivity contribution in [2.45, 2.75) is 37.7 Å². The van der Waals surface area contributed by atoms with Crippen molar-refractivity contribution in [3.63, 3.8) is 0 Å². The molecule has 0 radical (unpaired) electrons. The minimum Gasteiger partial charge on any atom is -0.373 e. The molecular weight excluding hydrogens is 245 g/mol. The van der Waals surface area contributed by atoms with Crippen molar-refractivity contribution < 1.29 is 17.9 Å². The Hall–Kier alpha value is -1.14. The molecule has 1 aromatic rings. The highest BCUT2D eigenvalue weighted by molar-refractivity contribution is 5.29. The zero-order chi connectivity index (χ0) is 12.8. The smallest absolute Gasteiger partial charge is 0.373 e. The monoisotopic (exact) mass is 258 g/mol. The third kappa shape index (κ3) is 2.35. The third-order valence-corrected chi connectivity index (χ3v) is 3.21. The van der Waals surface area contributed by atoms with Gasteiger partial charge in [0.1, 0.15) is 5.69 Å². The van der Waals surface area contributed by atoms with E-state index in [0.717, 1.165) is 24.5 Å². The highest BCUT2D eigenvalue weighted by atomic mass is 19.4. The van der Waals surface area contributed by atoms with Crippen LogP contribution >= 0.6 is 0 Å². The van der Waals surface area contributed by atoms with Gasteiger partial charge in [-0.3, -0.25) is 0 Å². The number of alkyl halides is 3. The molecule has 18 heavy (non-hydrogen) atoms. The summed E-state index contributed by atoms with van der Waals surface area (Å²) in [7, 11) is 0. The normalized spacial score (nSPS) is 23.8. The van der Waals surface area contributed by atoms with Crippen LogP contribution in [0.1, 0.15) is 35.8 Å². The molecule has 1 saturated carbocycles. The number of hydrogen-bond donors (Lipinski definition) is 1. The van der Waals surface area contributed by atoms with Gasteiger partial charge in [-0.1, -0.05) is 6.07 Å². The van der Waals surface area contributed by atoms with Crippen LogP contribution in [0.5, 0.6) is 0 Å². The molecule has 1 N–H and O–H groups in total. The largest absolute Gasteiger partial charge is 0.433 e. The zero-order valence-electron chi connectivity index (χ0n) is 9.63. The number of nitrogens with one attached hydrogen (secondary N) is 1. The second kappa shape index (κ2) is 4.20. The van der Waals surface area contributed by atoms with E-state index in [9.17, 15) is 13.2 Å². The summed E-state index contributed by atoms with van der Waals surface area (Å²) in [6.07, 6.45) is -2.15. The Balaban J connectivity index is 1.88. The topological polar surface area (TPSA) is 34.1 Å². The van der Waals surface area contributed by atoms with E-state index in [1.807, 2.05) is 0 Å². The fraction of sp³-hybridized carbons (Fsp3) is 0.583. The summed E-state index contributed by atoms with van der Waals surface area (Å²) in [4.78, 5) is 3.67. The summed E-state index contributed by atoms with van der Waals surface area (Å²) in [6.45, 7) is 0.651. The number of hydrogen-bond acceptors (Lipinski definition) is 3. The summed E-state index contributed by atoms with van der Waals surface area (Å²) in [6, 6.07) is 3.02. The summed E-state index contributed by atoms with van der Waals surface area (Å²) in [5.74, 6) is 0. The molecule has 0 bridgehead atoms. The molecule has 2 heterocycles. The molecule has 1 aliphatic carbocycles. The molecule has 2 aliphatic rings. The van der Waals surface area contributed by atoms with Crippen LogP contribution in [0.2, 0.25) is 0 Å². The van der Waals surface area contributed by atoms with Crippen molar-refractivity contribution in [1.29, 1.82) is 0 Å². The fourth-order valence-corrected chi connectivity index (χ4v) is 2.14. The molecule has 0 amide bonds. The van der Waals surface area contributed by atoms with Crippen molar-refractivity contribution in [3.8, 4) is 0 Å². The molecule has 1 fully saturated rings. The Morgan fingerprint density at radius 3 is 2.72 bits per heavy atom. The fourth-order valence-electron chi connectivity index (χ4n) is 2.14. The average molecular weight is 258 g/mol. The van der Waals surface area contributed by atoms with Gasteiger partial charge >= 0.3 is 6.18 Å². The number of halogens is 3. The number of ether oxygens (including phenoxy) is 1. The van der Waals surface area contributed by atoms with Crippen LogP contribution in [0.25, 0.3) is 0 Å². The van der Waals surface area contributed by atoms with E-state index >= 15 is 0 Å².